The van der Waals surface area contributed by atoms with E-state index in [0.717, 1.165) is 18.7 Å². The summed E-state index contributed by atoms with van der Waals surface area (Å²) in [4.78, 5) is 2.56. The Morgan fingerprint density at radius 3 is 2.58 bits per heavy atom. The number of nitrogens with zero attached hydrogens (tertiary/aromatic N) is 2. The molecular weight excluding hydrogens is 328 g/mol. The van der Waals surface area contributed by atoms with Crippen molar-refractivity contribution in [1.82, 2.24) is 9.21 Å². The van der Waals surface area contributed by atoms with Crippen molar-refractivity contribution in [3.63, 3.8) is 0 Å². The van der Waals surface area contributed by atoms with Crippen LogP contribution < -0.4 is 0 Å². The van der Waals surface area contributed by atoms with Crippen LogP contribution in [0.15, 0.2) is 29.2 Å². The summed E-state index contributed by atoms with van der Waals surface area (Å²) in [6, 6.07) is 6.91. The summed E-state index contributed by atoms with van der Waals surface area (Å²) in [6.45, 7) is 7.32. The van der Waals surface area contributed by atoms with Crippen LogP contribution in [0.3, 0.4) is 0 Å². The third kappa shape index (κ3) is 5.00. The van der Waals surface area contributed by atoms with Crippen LogP contribution in [-0.2, 0) is 26.1 Å². The van der Waals surface area contributed by atoms with Crippen LogP contribution in [0.2, 0.25) is 0 Å². The minimum absolute atomic E-state index is 0.182. The number of methoxy groups -OCH3 is 1. The molecule has 0 unspecified atom stereocenters. The zero-order valence-electron chi connectivity index (χ0n) is 14.9. The summed E-state index contributed by atoms with van der Waals surface area (Å²) in [7, 11) is -0.262. The Hall–Kier alpha value is -0.990. The predicted molar refractivity (Wildman–Crippen MR) is 93.4 cm³/mol. The molecule has 6 nitrogen and oxygen atoms in total. The van der Waals surface area contributed by atoms with E-state index in [4.69, 9.17) is 9.47 Å². The van der Waals surface area contributed by atoms with E-state index in [1.807, 2.05) is 19.9 Å². The number of hydrogen-bond acceptors (Lipinski definition) is 5. The van der Waals surface area contributed by atoms with E-state index in [0.29, 0.717) is 24.6 Å². The fraction of sp³-hybridized carbons (Fsp3) is 0.647. The van der Waals surface area contributed by atoms with Crippen LogP contribution in [0.5, 0.6) is 0 Å². The maximum atomic E-state index is 12.7. The SMILES string of the molecule is COCc1cccc(S(=O)(=O)N(C)CCN2C[C@@H](C)O[C@@H](C)C2)c1. The van der Waals surface area contributed by atoms with Gasteiger partial charge in [-0.25, -0.2) is 8.42 Å². The second-order valence-electron chi connectivity index (χ2n) is 6.42. The standard InChI is InChI=1S/C17H28N2O4S/c1-14-11-19(12-15(2)23-14)9-8-18(3)24(20,21)17-7-5-6-16(10-17)13-22-4/h5-7,10,14-15H,8-9,11-13H2,1-4H3/t14-,15+. The highest BCUT2D eigenvalue weighted by Gasteiger charge is 2.25. The van der Waals surface area contributed by atoms with Crippen LogP contribution in [0.4, 0.5) is 0 Å². The molecule has 0 saturated carbocycles. The summed E-state index contributed by atoms with van der Waals surface area (Å²) < 4.78 is 37.7. The molecule has 1 aliphatic rings. The van der Waals surface area contributed by atoms with Crippen molar-refractivity contribution in [3.05, 3.63) is 29.8 Å². The molecule has 1 saturated heterocycles. The van der Waals surface area contributed by atoms with Crippen molar-refractivity contribution < 1.29 is 17.9 Å². The van der Waals surface area contributed by atoms with Gasteiger partial charge in [-0.2, -0.15) is 4.31 Å². The first-order valence-corrected chi connectivity index (χ1v) is 9.69. The van der Waals surface area contributed by atoms with Crippen LogP contribution in [0.1, 0.15) is 19.4 Å². The second kappa shape index (κ2) is 8.40. The number of rotatable bonds is 7. The predicted octanol–water partition coefficient (Wildman–Crippen LogP) is 1.56. The maximum Gasteiger partial charge on any atom is 0.242 e. The third-order valence-electron chi connectivity index (χ3n) is 4.14. The van der Waals surface area contributed by atoms with Gasteiger partial charge in [0, 0.05) is 40.3 Å². The second-order valence-corrected chi connectivity index (χ2v) is 8.47. The Bertz CT molecular complexity index is 625. The summed E-state index contributed by atoms with van der Waals surface area (Å²) in [5.41, 5.74) is 0.850. The lowest BCUT2D eigenvalue weighted by Crippen LogP contribution is -2.48. The average molecular weight is 356 g/mol. The highest BCUT2D eigenvalue weighted by Crippen LogP contribution is 2.17. The molecule has 1 fully saturated rings. The molecule has 2 rings (SSSR count). The fourth-order valence-electron chi connectivity index (χ4n) is 3.01. The molecule has 0 bridgehead atoms. The molecule has 1 heterocycles. The molecule has 0 amide bonds. The van der Waals surface area contributed by atoms with E-state index in [1.54, 1.807) is 32.4 Å². The van der Waals surface area contributed by atoms with Crippen molar-refractivity contribution in [2.24, 2.45) is 0 Å². The summed E-state index contributed by atoms with van der Waals surface area (Å²) in [5, 5.41) is 0. The lowest BCUT2D eigenvalue weighted by Gasteiger charge is -2.35. The van der Waals surface area contributed by atoms with Gasteiger partial charge >= 0.3 is 0 Å². The van der Waals surface area contributed by atoms with Crippen molar-refractivity contribution >= 4 is 10.0 Å². The fourth-order valence-corrected chi connectivity index (χ4v) is 4.24. The molecule has 1 aromatic rings. The van der Waals surface area contributed by atoms with Gasteiger partial charge in [0.1, 0.15) is 0 Å². The molecule has 0 radical (unpaired) electrons. The number of ether oxygens (including phenoxy) is 2. The van der Waals surface area contributed by atoms with Gasteiger partial charge in [0.2, 0.25) is 10.0 Å². The molecule has 2 atom stereocenters. The quantitative estimate of drug-likeness (QED) is 0.742. The lowest BCUT2D eigenvalue weighted by atomic mass is 10.2. The highest BCUT2D eigenvalue weighted by atomic mass is 32.2. The minimum Gasteiger partial charge on any atom is -0.380 e. The zero-order chi connectivity index (χ0) is 17.7. The normalized spacial score (nSPS) is 22.9. The van der Waals surface area contributed by atoms with E-state index >= 15 is 0 Å². The Balaban J connectivity index is 2.00. The molecule has 0 spiro atoms. The number of sulfonamides is 1. The topological polar surface area (TPSA) is 59.1 Å². The lowest BCUT2D eigenvalue weighted by molar-refractivity contribution is -0.0681. The number of benzene rings is 1. The minimum atomic E-state index is -3.49. The van der Waals surface area contributed by atoms with E-state index < -0.39 is 10.0 Å². The smallest absolute Gasteiger partial charge is 0.242 e. The number of morpholine rings is 1. The zero-order valence-corrected chi connectivity index (χ0v) is 15.8. The van der Waals surface area contributed by atoms with E-state index in [9.17, 15) is 8.42 Å². The summed E-state index contributed by atoms with van der Waals surface area (Å²) >= 11 is 0. The van der Waals surface area contributed by atoms with E-state index in [-0.39, 0.29) is 12.2 Å². The molecule has 1 aliphatic heterocycles. The van der Waals surface area contributed by atoms with E-state index in [1.165, 1.54) is 4.31 Å². The van der Waals surface area contributed by atoms with Crippen LogP contribution in [-0.4, -0.2) is 70.2 Å². The molecule has 1 aromatic carbocycles. The third-order valence-corrected chi connectivity index (χ3v) is 6.00. The van der Waals surface area contributed by atoms with Crippen molar-refractivity contribution in [1.29, 1.82) is 0 Å². The Kier molecular flexibility index (Phi) is 6.77. The van der Waals surface area contributed by atoms with Crippen LogP contribution >= 0.6 is 0 Å². The van der Waals surface area contributed by atoms with Gasteiger partial charge < -0.3 is 9.47 Å². The van der Waals surface area contributed by atoms with Crippen LogP contribution in [0, 0.1) is 0 Å². The van der Waals surface area contributed by atoms with Gasteiger partial charge in [0.25, 0.3) is 0 Å². The van der Waals surface area contributed by atoms with Crippen molar-refractivity contribution in [2.45, 2.75) is 37.6 Å². The molecule has 24 heavy (non-hydrogen) atoms. The largest absolute Gasteiger partial charge is 0.380 e. The molecule has 0 N–H and O–H groups in total. The maximum absolute atomic E-state index is 12.7. The molecule has 0 aliphatic carbocycles. The van der Waals surface area contributed by atoms with Crippen molar-refractivity contribution in [3.8, 4) is 0 Å². The number of hydrogen-bond donors (Lipinski definition) is 0. The first-order chi connectivity index (χ1) is 11.3. The van der Waals surface area contributed by atoms with Gasteiger partial charge in [-0.05, 0) is 31.5 Å². The Morgan fingerprint density at radius 1 is 1.29 bits per heavy atom. The van der Waals surface area contributed by atoms with Gasteiger partial charge in [0.05, 0.1) is 23.7 Å². The first kappa shape index (κ1) is 19.3. The van der Waals surface area contributed by atoms with Gasteiger partial charge in [-0.15, -0.1) is 0 Å². The molecule has 7 heteroatoms. The Labute approximate surface area is 145 Å². The first-order valence-electron chi connectivity index (χ1n) is 8.25. The highest BCUT2D eigenvalue weighted by molar-refractivity contribution is 7.89. The Morgan fingerprint density at radius 2 is 1.96 bits per heavy atom. The van der Waals surface area contributed by atoms with Crippen molar-refractivity contribution in [2.75, 3.05) is 40.3 Å². The summed E-state index contributed by atoms with van der Waals surface area (Å²) in [6.07, 6.45) is 0.364. The summed E-state index contributed by atoms with van der Waals surface area (Å²) in [5.74, 6) is 0. The van der Waals surface area contributed by atoms with Crippen LogP contribution in [0.25, 0.3) is 0 Å². The molecule has 136 valence electrons. The molecular formula is C17H28N2O4S. The van der Waals surface area contributed by atoms with Gasteiger partial charge in [-0.1, -0.05) is 12.1 Å². The van der Waals surface area contributed by atoms with Gasteiger partial charge in [-0.3, -0.25) is 4.90 Å². The molecule has 0 aromatic heterocycles. The van der Waals surface area contributed by atoms with E-state index in [2.05, 4.69) is 4.90 Å². The van der Waals surface area contributed by atoms with Gasteiger partial charge in [0.15, 0.2) is 0 Å². The average Bonchev–Trinajstić information content (AvgIpc) is 2.52. The monoisotopic (exact) mass is 356 g/mol. The number of likely N-dealkylation sites (N-methyl/N-ethyl adjacent to an activating group) is 1.